The van der Waals surface area contributed by atoms with Crippen LogP contribution in [0.5, 0.6) is 5.75 Å². The Labute approximate surface area is 160 Å². The molecule has 3 aromatic rings. The third kappa shape index (κ3) is 4.80. The average Bonchev–Trinajstić information content (AvgIpc) is 2.61. The molecule has 0 heterocycles. The lowest BCUT2D eigenvalue weighted by atomic mass is 10.1. The van der Waals surface area contributed by atoms with Gasteiger partial charge in [-0.15, -0.1) is 0 Å². The molecule has 0 fully saturated rings. The second-order valence-electron chi connectivity index (χ2n) is 6.71. The second-order valence-corrected chi connectivity index (χ2v) is 7.12. The molecule has 2 nitrogen and oxygen atoms in total. The molecule has 0 atom stereocenters. The Morgan fingerprint density at radius 1 is 0.808 bits per heavy atom. The maximum absolute atomic E-state index is 6.40. The molecular weight excluding hydrogens is 342 g/mol. The lowest BCUT2D eigenvalue weighted by molar-refractivity contribution is 0.306. The molecule has 3 rings (SSSR count). The molecule has 3 aromatic carbocycles. The Morgan fingerprint density at radius 2 is 1.50 bits per heavy atom. The molecule has 0 unspecified atom stereocenters. The highest BCUT2D eigenvalue weighted by Gasteiger charge is 2.05. The molecule has 0 aliphatic rings. The average molecular weight is 366 g/mol. The van der Waals surface area contributed by atoms with E-state index in [1.54, 1.807) is 0 Å². The molecule has 0 spiro atoms. The molecule has 134 valence electrons. The predicted octanol–water partition coefficient (Wildman–Crippen LogP) is 6.46. The van der Waals surface area contributed by atoms with Crippen LogP contribution in [0.1, 0.15) is 27.8 Å². The summed E-state index contributed by atoms with van der Waals surface area (Å²) in [4.78, 5) is 0. The van der Waals surface area contributed by atoms with E-state index in [1.165, 1.54) is 16.7 Å². The van der Waals surface area contributed by atoms with Crippen LogP contribution < -0.4 is 10.1 Å². The van der Waals surface area contributed by atoms with Crippen LogP contribution in [0.2, 0.25) is 5.02 Å². The fourth-order valence-electron chi connectivity index (χ4n) is 2.83. The van der Waals surface area contributed by atoms with Crippen LogP contribution in [-0.4, -0.2) is 0 Å². The molecule has 0 amide bonds. The van der Waals surface area contributed by atoms with Gasteiger partial charge in [0.2, 0.25) is 0 Å². The van der Waals surface area contributed by atoms with Crippen LogP contribution in [0, 0.1) is 20.8 Å². The van der Waals surface area contributed by atoms with E-state index in [0.717, 1.165) is 23.4 Å². The van der Waals surface area contributed by atoms with E-state index in [-0.39, 0.29) is 0 Å². The van der Waals surface area contributed by atoms with Crippen LogP contribution in [0.15, 0.2) is 60.7 Å². The summed E-state index contributed by atoms with van der Waals surface area (Å²) in [5.74, 6) is 0.711. The van der Waals surface area contributed by atoms with Crippen molar-refractivity contribution < 1.29 is 4.74 Å². The summed E-state index contributed by atoms with van der Waals surface area (Å²) < 4.78 is 5.86. The Hall–Kier alpha value is -2.45. The zero-order valence-electron chi connectivity index (χ0n) is 15.5. The molecule has 0 bridgehead atoms. The van der Waals surface area contributed by atoms with Gasteiger partial charge in [0.05, 0.1) is 5.02 Å². The van der Waals surface area contributed by atoms with Gasteiger partial charge in [-0.1, -0.05) is 65.2 Å². The zero-order valence-corrected chi connectivity index (χ0v) is 16.2. The van der Waals surface area contributed by atoms with Gasteiger partial charge in [0, 0.05) is 12.2 Å². The van der Waals surface area contributed by atoms with Crippen LogP contribution in [0.3, 0.4) is 0 Å². The van der Waals surface area contributed by atoms with Crippen LogP contribution in [0.4, 0.5) is 5.69 Å². The molecule has 1 N–H and O–H groups in total. The van der Waals surface area contributed by atoms with Gasteiger partial charge in [0.15, 0.2) is 0 Å². The van der Waals surface area contributed by atoms with E-state index in [0.29, 0.717) is 17.4 Å². The minimum absolute atomic E-state index is 0.514. The Morgan fingerprint density at radius 3 is 2.19 bits per heavy atom. The second kappa shape index (κ2) is 8.29. The first-order valence-corrected chi connectivity index (χ1v) is 9.17. The van der Waals surface area contributed by atoms with Gasteiger partial charge >= 0.3 is 0 Å². The van der Waals surface area contributed by atoms with Crippen molar-refractivity contribution in [2.45, 2.75) is 33.9 Å². The largest absolute Gasteiger partial charge is 0.487 e. The third-order valence-electron chi connectivity index (χ3n) is 4.38. The monoisotopic (exact) mass is 365 g/mol. The molecule has 0 aliphatic heterocycles. The summed E-state index contributed by atoms with van der Waals surface area (Å²) in [7, 11) is 0. The Balaban J connectivity index is 1.60. The first kappa shape index (κ1) is 18.3. The normalized spacial score (nSPS) is 10.6. The number of hydrogen-bond donors (Lipinski definition) is 1. The number of aryl methyl sites for hydroxylation is 3. The summed E-state index contributed by atoms with van der Waals surface area (Å²) in [6.07, 6.45) is 0. The molecule has 0 aliphatic carbocycles. The van der Waals surface area contributed by atoms with Gasteiger partial charge in [-0.3, -0.25) is 0 Å². The van der Waals surface area contributed by atoms with Gasteiger partial charge < -0.3 is 10.1 Å². The van der Waals surface area contributed by atoms with Gasteiger partial charge in [-0.25, -0.2) is 0 Å². The molecule has 0 radical (unpaired) electrons. The smallest absolute Gasteiger partial charge is 0.138 e. The van der Waals surface area contributed by atoms with Crippen molar-refractivity contribution in [1.82, 2.24) is 0 Å². The van der Waals surface area contributed by atoms with Gasteiger partial charge in [-0.2, -0.15) is 0 Å². The van der Waals surface area contributed by atoms with Crippen molar-refractivity contribution in [1.29, 1.82) is 0 Å². The summed E-state index contributed by atoms with van der Waals surface area (Å²) in [5.41, 5.74) is 7.16. The Bertz CT molecular complexity index is 887. The molecule has 0 aromatic heterocycles. The summed E-state index contributed by atoms with van der Waals surface area (Å²) in [5, 5.41) is 4.10. The van der Waals surface area contributed by atoms with E-state index in [1.807, 2.05) is 18.2 Å². The molecular formula is C23H24ClNO. The fourth-order valence-corrected chi connectivity index (χ4v) is 3.08. The number of nitrogens with one attached hydrogen (secondary N) is 1. The van der Waals surface area contributed by atoms with E-state index in [4.69, 9.17) is 16.3 Å². The number of halogens is 1. The standard InChI is InChI=1S/C23H24ClNO/c1-16-4-7-19(8-5-16)15-26-23-11-9-20(13-21(23)24)14-25-22-10-6-17(2)12-18(22)3/h4-13,25H,14-15H2,1-3H3. The highest BCUT2D eigenvalue weighted by molar-refractivity contribution is 6.32. The number of hydrogen-bond acceptors (Lipinski definition) is 2. The van der Waals surface area contributed by atoms with Gasteiger partial charge in [0.1, 0.15) is 12.4 Å². The van der Waals surface area contributed by atoms with E-state index < -0.39 is 0 Å². The lowest BCUT2D eigenvalue weighted by Crippen LogP contribution is -2.02. The van der Waals surface area contributed by atoms with Crippen molar-refractivity contribution in [3.05, 3.63) is 93.5 Å². The molecule has 0 saturated carbocycles. The van der Waals surface area contributed by atoms with Crippen LogP contribution >= 0.6 is 11.6 Å². The predicted molar refractivity (Wildman–Crippen MR) is 110 cm³/mol. The lowest BCUT2D eigenvalue weighted by Gasteiger charge is -2.12. The van der Waals surface area contributed by atoms with Crippen molar-refractivity contribution in [3.63, 3.8) is 0 Å². The summed E-state index contributed by atoms with van der Waals surface area (Å²) >= 11 is 6.40. The Kier molecular flexibility index (Phi) is 5.85. The van der Waals surface area contributed by atoms with E-state index in [2.05, 4.69) is 68.6 Å². The quantitative estimate of drug-likeness (QED) is 0.541. The summed E-state index contributed by atoms with van der Waals surface area (Å²) in [6.45, 7) is 7.53. The first-order chi connectivity index (χ1) is 12.5. The maximum atomic E-state index is 6.40. The minimum Gasteiger partial charge on any atom is -0.487 e. The number of ether oxygens (including phenoxy) is 1. The van der Waals surface area contributed by atoms with Crippen molar-refractivity contribution in [2.75, 3.05) is 5.32 Å². The fraction of sp³-hybridized carbons (Fsp3) is 0.217. The zero-order chi connectivity index (χ0) is 18.5. The number of anilines is 1. The van der Waals surface area contributed by atoms with Crippen LogP contribution in [0.25, 0.3) is 0 Å². The summed E-state index contributed by atoms with van der Waals surface area (Å²) in [6, 6.07) is 20.7. The van der Waals surface area contributed by atoms with Crippen molar-refractivity contribution in [2.24, 2.45) is 0 Å². The molecule has 0 saturated heterocycles. The third-order valence-corrected chi connectivity index (χ3v) is 4.67. The van der Waals surface area contributed by atoms with Crippen molar-refractivity contribution in [3.8, 4) is 5.75 Å². The van der Waals surface area contributed by atoms with Crippen molar-refractivity contribution >= 4 is 17.3 Å². The highest BCUT2D eigenvalue weighted by atomic mass is 35.5. The number of benzene rings is 3. The first-order valence-electron chi connectivity index (χ1n) is 8.79. The molecule has 26 heavy (non-hydrogen) atoms. The van der Waals surface area contributed by atoms with E-state index >= 15 is 0 Å². The van der Waals surface area contributed by atoms with Crippen LogP contribution in [-0.2, 0) is 13.2 Å². The minimum atomic E-state index is 0.514. The van der Waals surface area contributed by atoms with Gasteiger partial charge in [-0.05, 0) is 55.7 Å². The highest BCUT2D eigenvalue weighted by Crippen LogP contribution is 2.27. The van der Waals surface area contributed by atoms with Gasteiger partial charge in [0.25, 0.3) is 0 Å². The topological polar surface area (TPSA) is 21.3 Å². The maximum Gasteiger partial charge on any atom is 0.138 e. The van der Waals surface area contributed by atoms with E-state index in [9.17, 15) is 0 Å². The number of rotatable bonds is 6. The molecule has 3 heteroatoms. The SMILES string of the molecule is Cc1ccc(COc2ccc(CNc3ccc(C)cc3C)cc2Cl)cc1.